The molecule has 14 heavy (non-hydrogen) atoms. The van der Waals surface area contributed by atoms with Crippen LogP contribution in [0.1, 0.15) is 13.8 Å². The highest BCUT2D eigenvalue weighted by atomic mass is 16.4. The number of rotatable bonds is 4. The lowest BCUT2D eigenvalue weighted by Crippen LogP contribution is -2.53. The van der Waals surface area contributed by atoms with Crippen molar-refractivity contribution in [3.63, 3.8) is 0 Å². The van der Waals surface area contributed by atoms with Gasteiger partial charge in [-0.2, -0.15) is 0 Å². The van der Waals surface area contributed by atoms with Gasteiger partial charge in [0.1, 0.15) is 0 Å². The standard InChI is InChI=1S/C9H16N2O3/c1-5(9(13)14)6(2)11-8(12)7-3-10-4-7/h5-7,10H,3-4H2,1-2H3,(H,11,12)(H,13,14). The lowest BCUT2D eigenvalue weighted by Gasteiger charge is -2.28. The van der Waals surface area contributed by atoms with Crippen LogP contribution in [0.25, 0.3) is 0 Å². The van der Waals surface area contributed by atoms with Gasteiger partial charge in [0, 0.05) is 19.1 Å². The van der Waals surface area contributed by atoms with Crippen LogP contribution < -0.4 is 10.6 Å². The molecule has 1 aliphatic rings. The van der Waals surface area contributed by atoms with Crippen LogP contribution in [0.5, 0.6) is 0 Å². The van der Waals surface area contributed by atoms with E-state index in [4.69, 9.17) is 5.11 Å². The molecule has 5 nitrogen and oxygen atoms in total. The molecule has 0 radical (unpaired) electrons. The highest BCUT2D eigenvalue weighted by Gasteiger charge is 2.28. The Kier molecular flexibility index (Phi) is 3.46. The molecule has 1 saturated heterocycles. The van der Waals surface area contributed by atoms with E-state index in [0.717, 1.165) is 0 Å². The van der Waals surface area contributed by atoms with Crippen LogP contribution in [0, 0.1) is 11.8 Å². The van der Waals surface area contributed by atoms with Crippen LogP contribution in [0.2, 0.25) is 0 Å². The molecule has 1 amide bonds. The third-order valence-corrected chi connectivity index (χ3v) is 2.66. The van der Waals surface area contributed by atoms with Crippen LogP contribution in [0.15, 0.2) is 0 Å². The van der Waals surface area contributed by atoms with Gasteiger partial charge in [0.15, 0.2) is 0 Å². The first-order valence-corrected chi connectivity index (χ1v) is 4.76. The first-order valence-electron chi connectivity index (χ1n) is 4.76. The summed E-state index contributed by atoms with van der Waals surface area (Å²) in [6.45, 7) is 4.69. The third kappa shape index (κ3) is 2.45. The van der Waals surface area contributed by atoms with E-state index in [9.17, 15) is 9.59 Å². The van der Waals surface area contributed by atoms with E-state index in [0.29, 0.717) is 13.1 Å². The molecule has 0 aromatic carbocycles. The molecular formula is C9H16N2O3. The summed E-state index contributed by atoms with van der Waals surface area (Å²) in [5, 5.41) is 14.4. The predicted octanol–water partition coefficient (Wildman–Crippen LogP) is -0.569. The summed E-state index contributed by atoms with van der Waals surface area (Å²) in [6, 6.07) is -0.319. The molecule has 1 rings (SSSR count). The lowest BCUT2D eigenvalue weighted by molar-refractivity contribution is -0.142. The zero-order valence-electron chi connectivity index (χ0n) is 8.41. The number of carbonyl (C=O) groups excluding carboxylic acids is 1. The second-order valence-electron chi connectivity index (χ2n) is 3.78. The lowest BCUT2D eigenvalue weighted by atomic mass is 9.99. The van der Waals surface area contributed by atoms with E-state index in [2.05, 4.69) is 10.6 Å². The molecule has 2 atom stereocenters. The normalized spacial score (nSPS) is 20.7. The quantitative estimate of drug-likeness (QED) is 0.568. The van der Waals surface area contributed by atoms with Gasteiger partial charge in [0.05, 0.1) is 11.8 Å². The van der Waals surface area contributed by atoms with E-state index in [-0.39, 0.29) is 17.9 Å². The molecule has 0 spiro atoms. The number of hydrogen-bond acceptors (Lipinski definition) is 3. The summed E-state index contributed by atoms with van der Waals surface area (Å²) in [5.74, 6) is -1.47. The van der Waals surface area contributed by atoms with Crippen LogP contribution in [0.4, 0.5) is 0 Å². The van der Waals surface area contributed by atoms with Crippen molar-refractivity contribution in [1.82, 2.24) is 10.6 Å². The summed E-state index contributed by atoms with van der Waals surface area (Å²) in [6.07, 6.45) is 0. The van der Waals surface area contributed by atoms with Crippen molar-refractivity contribution in [2.45, 2.75) is 19.9 Å². The summed E-state index contributed by atoms with van der Waals surface area (Å²) >= 11 is 0. The van der Waals surface area contributed by atoms with Crippen LogP contribution >= 0.6 is 0 Å². The van der Waals surface area contributed by atoms with Gasteiger partial charge in [-0.25, -0.2) is 0 Å². The van der Waals surface area contributed by atoms with E-state index < -0.39 is 11.9 Å². The first kappa shape index (κ1) is 11.0. The van der Waals surface area contributed by atoms with Gasteiger partial charge in [-0.05, 0) is 13.8 Å². The molecule has 0 aromatic heterocycles. The number of carbonyl (C=O) groups is 2. The van der Waals surface area contributed by atoms with E-state index in [1.807, 2.05) is 0 Å². The van der Waals surface area contributed by atoms with Crippen LogP contribution in [-0.4, -0.2) is 36.1 Å². The Morgan fingerprint density at radius 1 is 1.43 bits per heavy atom. The Labute approximate surface area is 82.9 Å². The molecule has 0 aliphatic carbocycles. The Morgan fingerprint density at radius 2 is 2.00 bits per heavy atom. The fourth-order valence-electron chi connectivity index (χ4n) is 1.16. The fourth-order valence-corrected chi connectivity index (χ4v) is 1.16. The minimum Gasteiger partial charge on any atom is -0.481 e. The Bertz CT molecular complexity index is 238. The highest BCUT2D eigenvalue weighted by Crippen LogP contribution is 2.06. The van der Waals surface area contributed by atoms with Crippen molar-refractivity contribution in [2.24, 2.45) is 11.8 Å². The maximum Gasteiger partial charge on any atom is 0.308 e. The second kappa shape index (κ2) is 4.41. The molecule has 80 valence electrons. The molecule has 1 aliphatic heterocycles. The minimum atomic E-state index is -0.885. The average Bonchev–Trinajstić information content (AvgIpc) is 1.98. The van der Waals surface area contributed by atoms with E-state index in [1.165, 1.54) is 0 Å². The summed E-state index contributed by atoms with van der Waals surface area (Å²) in [4.78, 5) is 22.0. The predicted molar refractivity (Wildman–Crippen MR) is 50.8 cm³/mol. The fraction of sp³-hybridized carbons (Fsp3) is 0.778. The minimum absolute atomic E-state index is 0.0124. The first-order chi connectivity index (χ1) is 6.52. The van der Waals surface area contributed by atoms with Crippen molar-refractivity contribution in [3.8, 4) is 0 Å². The van der Waals surface area contributed by atoms with Gasteiger partial charge >= 0.3 is 5.97 Å². The summed E-state index contributed by atoms with van der Waals surface area (Å²) in [5.41, 5.74) is 0. The summed E-state index contributed by atoms with van der Waals surface area (Å²) < 4.78 is 0. The van der Waals surface area contributed by atoms with Crippen molar-refractivity contribution in [2.75, 3.05) is 13.1 Å². The van der Waals surface area contributed by atoms with Crippen molar-refractivity contribution < 1.29 is 14.7 Å². The third-order valence-electron chi connectivity index (χ3n) is 2.66. The zero-order chi connectivity index (χ0) is 10.7. The van der Waals surface area contributed by atoms with Crippen molar-refractivity contribution >= 4 is 11.9 Å². The van der Waals surface area contributed by atoms with Gasteiger partial charge in [-0.1, -0.05) is 0 Å². The molecule has 3 N–H and O–H groups in total. The summed E-state index contributed by atoms with van der Waals surface area (Å²) in [7, 11) is 0. The van der Waals surface area contributed by atoms with Gasteiger partial charge in [-0.3, -0.25) is 9.59 Å². The van der Waals surface area contributed by atoms with Crippen LogP contribution in [-0.2, 0) is 9.59 Å². The molecule has 1 heterocycles. The van der Waals surface area contributed by atoms with Gasteiger partial charge in [0.2, 0.25) is 5.91 Å². The van der Waals surface area contributed by atoms with E-state index >= 15 is 0 Å². The number of nitrogens with one attached hydrogen (secondary N) is 2. The highest BCUT2D eigenvalue weighted by molar-refractivity contribution is 5.81. The maximum absolute atomic E-state index is 11.4. The second-order valence-corrected chi connectivity index (χ2v) is 3.78. The smallest absolute Gasteiger partial charge is 0.308 e. The number of aliphatic carboxylic acids is 1. The number of carboxylic acid groups (broad SMARTS) is 1. The van der Waals surface area contributed by atoms with Crippen molar-refractivity contribution in [1.29, 1.82) is 0 Å². The van der Waals surface area contributed by atoms with Crippen molar-refractivity contribution in [3.05, 3.63) is 0 Å². The monoisotopic (exact) mass is 200 g/mol. The maximum atomic E-state index is 11.4. The molecular weight excluding hydrogens is 184 g/mol. The number of carboxylic acids is 1. The molecule has 1 fully saturated rings. The Balaban J connectivity index is 2.35. The topological polar surface area (TPSA) is 78.4 Å². The number of amides is 1. The van der Waals surface area contributed by atoms with Gasteiger partial charge in [-0.15, -0.1) is 0 Å². The van der Waals surface area contributed by atoms with E-state index in [1.54, 1.807) is 13.8 Å². The molecule has 2 unspecified atom stereocenters. The molecule has 0 aromatic rings. The Hall–Kier alpha value is -1.10. The number of hydrogen-bond donors (Lipinski definition) is 3. The van der Waals surface area contributed by atoms with Gasteiger partial charge < -0.3 is 15.7 Å². The molecule has 5 heteroatoms. The Morgan fingerprint density at radius 3 is 2.36 bits per heavy atom. The van der Waals surface area contributed by atoms with Crippen LogP contribution in [0.3, 0.4) is 0 Å². The largest absolute Gasteiger partial charge is 0.481 e. The molecule has 0 saturated carbocycles. The molecule has 0 bridgehead atoms. The average molecular weight is 200 g/mol. The zero-order valence-corrected chi connectivity index (χ0v) is 8.41. The SMILES string of the molecule is CC(NC(=O)C1CNC1)C(C)C(=O)O. The van der Waals surface area contributed by atoms with Gasteiger partial charge in [0.25, 0.3) is 0 Å².